The van der Waals surface area contributed by atoms with Crippen LogP contribution in [-0.4, -0.2) is 34.0 Å². The van der Waals surface area contributed by atoms with Crippen LogP contribution in [0.1, 0.15) is 11.6 Å². The molecule has 1 N–H and O–H groups in total. The minimum absolute atomic E-state index is 0.634. The molecule has 0 fully saturated rings. The van der Waals surface area contributed by atoms with E-state index in [2.05, 4.69) is 19.9 Å². The summed E-state index contributed by atoms with van der Waals surface area (Å²) in [7, 11) is 3.90. The number of oxazole rings is 1. The van der Waals surface area contributed by atoms with Crippen LogP contribution in [0.5, 0.6) is 0 Å². The highest BCUT2D eigenvalue weighted by atomic mass is 16.4. The second-order valence-corrected chi connectivity index (χ2v) is 4.67. The number of anilines is 1. The standard InChI is InChI=1S/C13H15N5O/c1-7-11(19-8(2)14-7)13-15-9-5-6-10(18(3)4)16-12(9)17-13/h5-6H,1-4H3,(H,15,16,17). The van der Waals surface area contributed by atoms with Gasteiger partial charge in [0, 0.05) is 21.0 Å². The molecule has 3 aromatic heterocycles. The third kappa shape index (κ3) is 1.95. The van der Waals surface area contributed by atoms with Gasteiger partial charge in [-0.2, -0.15) is 0 Å². The average Bonchev–Trinajstić information content (AvgIpc) is 2.90. The van der Waals surface area contributed by atoms with Crippen molar-refractivity contribution in [1.29, 1.82) is 0 Å². The SMILES string of the molecule is Cc1nc(C)c(-c2nc3nc(N(C)C)ccc3[nH]2)o1. The fourth-order valence-corrected chi connectivity index (χ4v) is 1.99. The van der Waals surface area contributed by atoms with Crippen LogP contribution in [0.2, 0.25) is 0 Å². The van der Waals surface area contributed by atoms with E-state index in [1.54, 1.807) is 0 Å². The Morgan fingerprint density at radius 1 is 1.11 bits per heavy atom. The van der Waals surface area contributed by atoms with E-state index < -0.39 is 0 Å². The minimum Gasteiger partial charge on any atom is -0.437 e. The molecule has 0 saturated carbocycles. The molecular weight excluding hydrogens is 242 g/mol. The first-order valence-corrected chi connectivity index (χ1v) is 6.03. The summed E-state index contributed by atoms with van der Waals surface area (Å²) in [6.45, 7) is 3.72. The lowest BCUT2D eigenvalue weighted by Gasteiger charge is -2.09. The zero-order valence-corrected chi connectivity index (χ0v) is 11.4. The molecule has 19 heavy (non-hydrogen) atoms. The van der Waals surface area contributed by atoms with Gasteiger partial charge in [0.1, 0.15) is 5.82 Å². The van der Waals surface area contributed by atoms with Gasteiger partial charge in [0.05, 0.1) is 11.2 Å². The maximum absolute atomic E-state index is 5.56. The van der Waals surface area contributed by atoms with Crippen LogP contribution in [0.25, 0.3) is 22.7 Å². The van der Waals surface area contributed by atoms with Gasteiger partial charge in [0.15, 0.2) is 23.1 Å². The van der Waals surface area contributed by atoms with Crippen LogP contribution in [0, 0.1) is 13.8 Å². The normalized spacial score (nSPS) is 11.2. The van der Waals surface area contributed by atoms with Crippen LogP contribution in [0.3, 0.4) is 0 Å². The van der Waals surface area contributed by atoms with Gasteiger partial charge < -0.3 is 14.3 Å². The van der Waals surface area contributed by atoms with Crippen LogP contribution in [0.15, 0.2) is 16.5 Å². The molecule has 0 spiro atoms. The quantitative estimate of drug-likeness (QED) is 0.762. The summed E-state index contributed by atoms with van der Waals surface area (Å²) in [5.41, 5.74) is 2.38. The highest BCUT2D eigenvalue weighted by Crippen LogP contribution is 2.24. The van der Waals surface area contributed by atoms with E-state index in [1.165, 1.54) is 0 Å². The Kier molecular flexibility index (Phi) is 2.51. The molecular formula is C13H15N5O. The number of aromatic nitrogens is 4. The van der Waals surface area contributed by atoms with E-state index >= 15 is 0 Å². The van der Waals surface area contributed by atoms with Gasteiger partial charge >= 0.3 is 0 Å². The first kappa shape index (κ1) is 11.7. The van der Waals surface area contributed by atoms with Gasteiger partial charge in [-0.15, -0.1) is 0 Å². The smallest absolute Gasteiger partial charge is 0.192 e. The number of H-pyrrole nitrogens is 1. The Hall–Kier alpha value is -2.37. The van der Waals surface area contributed by atoms with Crippen molar-refractivity contribution in [3.63, 3.8) is 0 Å². The number of hydrogen-bond donors (Lipinski definition) is 1. The van der Waals surface area contributed by atoms with Crippen molar-refractivity contribution in [2.75, 3.05) is 19.0 Å². The zero-order chi connectivity index (χ0) is 13.6. The van der Waals surface area contributed by atoms with Crippen molar-refractivity contribution in [2.24, 2.45) is 0 Å². The third-order valence-corrected chi connectivity index (χ3v) is 2.91. The first-order chi connectivity index (χ1) is 9.04. The molecule has 0 amide bonds. The maximum atomic E-state index is 5.56. The molecule has 0 aliphatic heterocycles. The Morgan fingerprint density at radius 3 is 2.53 bits per heavy atom. The number of rotatable bonds is 2. The summed E-state index contributed by atoms with van der Waals surface area (Å²) in [4.78, 5) is 18.3. The van der Waals surface area contributed by atoms with E-state index in [9.17, 15) is 0 Å². The number of pyridine rings is 1. The number of nitrogens with zero attached hydrogens (tertiary/aromatic N) is 4. The topological polar surface area (TPSA) is 70.8 Å². The Morgan fingerprint density at radius 2 is 1.89 bits per heavy atom. The van der Waals surface area contributed by atoms with Gasteiger partial charge in [0.2, 0.25) is 0 Å². The van der Waals surface area contributed by atoms with Crippen molar-refractivity contribution in [3.8, 4) is 11.6 Å². The van der Waals surface area contributed by atoms with Crippen molar-refractivity contribution >= 4 is 17.0 Å². The molecule has 6 nitrogen and oxygen atoms in total. The Balaban J connectivity index is 2.14. The number of hydrogen-bond acceptors (Lipinski definition) is 5. The zero-order valence-electron chi connectivity index (χ0n) is 11.4. The first-order valence-electron chi connectivity index (χ1n) is 6.03. The molecule has 3 rings (SSSR count). The van der Waals surface area contributed by atoms with Crippen LogP contribution in [0.4, 0.5) is 5.82 Å². The van der Waals surface area contributed by atoms with Gasteiger partial charge in [0.25, 0.3) is 0 Å². The van der Waals surface area contributed by atoms with E-state index in [-0.39, 0.29) is 0 Å². The fourth-order valence-electron chi connectivity index (χ4n) is 1.99. The molecule has 0 unspecified atom stereocenters. The van der Waals surface area contributed by atoms with E-state index in [1.807, 2.05) is 45.0 Å². The van der Waals surface area contributed by atoms with E-state index in [4.69, 9.17) is 4.42 Å². The predicted octanol–water partition coefficient (Wildman–Crippen LogP) is 2.30. The summed E-state index contributed by atoms with van der Waals surface area (Å²) >= 11 is 0. The predicted molar refractivity (Wildman–Crippen MR) is 73.2 cm³/mol. The van der Waals surface area contributed by atoms with Crippen molar-refractivity contribution < 1.29 is 4.42 Å². The number of nitrogens with one attached hydrogen (secondary N) is 1. The minimum atomic E-state index is 0.634. The number of aryl methyl sites for hydroxylation is 2. The van der Waals surface area contributed by atoms with Crippen LogP contribution < -0.4 is 4.90 Å². The molecule has 0 aliphatic rings. The van der Waals surface area contributed by atoms with Crippen LogP contribution >= 0.6 is 0 Å². The lowest BCUT2D eigenvalue weighted by molar-refractivity contribution is 0.531. The lowest BCUT2D eigenvalue weighted by atomic mass is 10.3. The molecule has 0 aliphatic carbocycles. The summed E-state index contributed by atoms with van der Waals surface area (Å²) in [5, 5.41) is 0. The molecule has 0 atom stereocenters. The van der Waals surface area contributed by atoms with Crippen molar-refractivity contribution in [1.82, 2.24) is 19.9 Å². The molecule has 6 heteroatoms. The Bertz CT molecular complexity index is 741. The summed E-state index contributed by atoms with van der Waals surface area (Å²) in [6, 6.07) is 3.91. The maximum Gasteiger partial charge on any atom is 0.192 e. The summed E-state index contributed by atoms with van der Waals surface area (Å²) < 4.78 is 5.56. The van der Waals surface area contributed by atoms with Gasteiger partial charge in [-0.1, -0.05) is 0 Å². The van der Waals surface area contributed by atoms with Gasteiger partial charge in [-0.05, 0) is 19.1 Å². The van der Waals surface area contributed by atoms with Crippen LogP contribution in [-0.2, 0) is 0 Å². The van der Waals surface area contributed by atoms with Crippen molar-refractivity contribution in [3.05, 3.63) is 23.7 Å². The molecule has 0 bridgehead atoms. The van der Waals surface area contributed by atoms with Gasteiger partial charge in [-0.25, -0.2) is 15.0 Å². The highest BCUT2D eigenvalue weighted by molar-refractivity contribution is 5.77. The number of fused-ring (bicyclic) bond motifs is 1. The fraction of sp³-hybridized carbons (Fsp3) is 0.308. The molecule has 0 saturated heterocycles. The van der Waals surface area contributed by atoms with E-state index in [0.717, 1.165) is 17.0 Å². The number of imidazole rings is 1. The second kappa shape index (κ2) is 4.08. The molecule has 0 radical (unpaired) electrons. The van der Waals surface area contributed by atoms with E-state index in [0.29, 0.717) is 23.1 Å². The largest absolute Gasteiger partial charge is 0.437 e. The average molecular weight is 257 g/mol. The molecule has 3 aromatic rings. The Labute approximate surface area is 110 Å². The second-order valence-electron chi connectivity index (χ2n) is 4.67. The number of aromatic amines is 1. The molecule has 3 heterocycles. The molecule has 98 valence electrons. The van der Waals surface area contributed by atoms with Crippen molar-refractivity contribution in [2.45, 2.75) is 13.8 Å². The molecule has 0 aromatic carbocycles. The summed E-state index contributed by atoms with van der Waals surface area (Å²) in [6.07, 6.45) is 0. The third-order valence-electron chi connectivity index (χ3n) is 2.91. The van der Waals surface area contributed by atoms with Gasteiger partial charge in [-0.3, -0.25) is 0 Å². The lowest BCUT2D eigenvalue weighted by Crippen LogP contribution is -2.10. The monoisotopic (exact) mass is 257 g/mol. The summed E-state index contributed by atoms with van der Waals surface area (Å²) in [5.74, 6) is 2.84. The highest BCUT2D eigenvalue weighted by Gasteiger charge is 2.14.